The maximum atomic E-state index is 13.7. The molecule has 3 aromatic rings. The van der Waals surface area contributed by atoms with E-state index >= 15 is 0 Å². The molecule has 6 heterocycles. The summed E-state index contributed by atoms with van der Waals surface area (Å²) in [5, 5.41) is 4.25. The highest BCUT2D eigenvalue weighted by Crippen LogP contribution is 2.40. The fourth-order valence-electron chi connectivity index (χ4n) is 7.56. The van der Waals surface area contributed by atoms with Crippen LogP contribution in [0, 0.1) is 11.8 Å². The third kappa shape index (κ3) is 4.82. The first-order chi connectivity index (χ1) is 19.1. The van der Waals surface area contributed by atoms with E-state index in [4.69, 9.17) is 4.98 Å². The van der Waals surface area contributed by atoms with Gasteiger partial charge in [-0.05, 0) is 63.1 Å². The summed E-state index contributed by atoms with van der Waals surface area (Å²) in [5.74, 6) is 1.24. The molecule has 3 fully saturated rings. The smallest absolute Gasteiger partial charge is 0.263 e. The Labute approximate surface area is 233 Å². The van der Waals surface area contributed by atoms with E-state index < -0.39 is 0 Å². The van der Waals surface area contributed by atoms with E-state index in [1.807, 2.05) is 41.0 Å². The predicted molar refractivity (Wildman–Crippen MR) is 156 cm³/mol. The molecule has 0 saturated carbocycles. The third-order valence-corrected chi connectivity index (χ3v) is 10.5. The van der Waals surface area contributed by atoms with Crippen LogP contribution in [0.1, 0.15) is 59.8 Å². The SMILES string of the molecule is O=C(NCC1CCCN2CCCC[C@@H]12)c1sc(N2C[C@@H]3C[C@@H](C2)c2cccc(=O)n2C3)nc1-c1ccccc1. The predicted octanol–water partition coefficient (Wildman–Crippen LogP) is 4.59. The summed E-state index contributed by atoms with van der Waals surface area (Å²) >= 11 is 1.53. The first kappa shape index (κ1) is 25.0. The largest absolute Gasteiger partial charge is 0.351 e. The minimum atomic E-state index is -0.000336. The van der Waals surface area contributed by atoms with Crippen LogP contribution in [-0.4, -0.2) is 59.1 Å². The molecule has 7 nitrogen and oxygen atoms in total. The molecule has 4 atom stereocenters. The summed E-state index contributed by atoms with van der Waals surface area (Å²) in [5.41, 5.74) is 2.99. The molecule has 0 spiro atoms. The van der Waals surface area contributed by atoms with Crippen LogP contribution in [0.3, 0.4) is 0 Å². The highest BCUT2D eigenvalue weighted by Gasteiger charge is 2.37. The van der Waals surface area contributed by atoms with E-state index in [2.05, 4.69) is 21.2 Å². The van der Waals surface area contributed by atoms with Gasteiger partial charge in [-0.3, -0.25) is 9.59 Å². The van der Waals surface area contributed by atoms with Crippen molar-refractivity contribution in [2.75, 3.05) is 37.6 Å². The fraction of sp³-hybridized carbons (Fsp3) is 0.516. The van der Waals surface area contributed by atoms with Gasteiger partial charge in [0.25, 0.3) is 11.5 Å². The number of anilines is 1. The Morgan fingerprint density at radius 2 is 1.85 bits per heavy atom. The van der Waals surface area contributed by atoms with Crippen LogP contribution in [0.4, 0.5) is 5.13 Å². The van der Waals surface area contributed by atoms with Crippen molar-refractivity contribution < 1.29 is 4.79 Å². The van der Waals surface area contributed by atoms with Crippen molar-refractivity contribution >= 4 is 22.4 Å². The summed E-state index contributed by atoms with van der Waals surface area (Å²) in [6.07, 6.45) is 7.39. The normalized spacial score (nSPS) is 26.5. The lowest BCUT2D eigenvalue weighted by Crippen LogP contribution is -2.50. The second-order valence-corrected chi connectivity index (χ2v) is 12.8. The van der Waals surface area contributed by atoms with Gasteiger partial charge in [-0.2, -0.15) is 0 Å². The van der Waals surface area contributed by atoms with E-state index in [0.717, 1.165) is 54.7 Å². The van der Waals surface area contributed by atoms with Gasteiger partial charge in [-0.1, -0.05) is 54.2 Å². The van der Waals surface area contributed by atoms with Crippen molar-refractivity contribution in [3.05, 3.63) is 69.5 Å². The molecule has 4 aliphatic rings. The Hall–Kier alpha value is -2.97. The molecule has 2 aromatic heterocycles. The molecule has 1 aromatic carbocycles. The zero-order valence-electron chi connectivity index (χ0n) is 22.4. The summed E-state index contributed by atoms with van der Waals surface area (Å²) in [6.45, 7) is 5.60. The Balaban J connectivity index is 1.14. The second-order valence-electron chi connectivity index (χ2n) is 11.9. The molecule has 1 amide bonds. The van der Waals surface area contributed by atoms with E-state index in [9.17, 15) is 9.59 Å². The van der Waals surface area contributed by atoms with Crippen LogP contribution in [-0.2, 0) is 6.54 Å². The molecule has 1 unspecified atom stereocenters. The van der Waals surface area contributed by atoms with Crippen molar-refractivity contribution in [2.24, 2.45) is 11.8 Å². The number of hydrogen-bond donors (Lipinski definition) is 1. The Kier molecular flexibility index (Phi) is 6.77. The van der Waals surface area contributed by atoms with Crippen molar-refractivity contribution in [1.82, 2.24) is 19.8 Å². The maximum Gasteiger partial charge on any atom is 0.263 e. The zero-order chi connectivity index (χ0) is 26.3. The lowest BCUT2D eigenvalue weighted by atomic mass is 9.83. The number of nitrogens with one attached hydrogen (secondary N) is 1. The standard InChI is InChI=1S/C31H37N5O2S/c37-27-13-6-12-26-24-16-21(19-36(26)27)18-35(20-24)31-33-28(22-8-2-1-3-9-22)29(39-31)30(38)32-17-23-10-7-15-34-14-5-4-11-25(23)34/h1-3,6,8-9,12-13,21,23-25H,4-5,7,10-11,14-20H2,(H,32,38)/t21-,23?,24-,25-/m0/s1. The minimum Gasteiger partial charge on any atom is -0.351 e. The quantitative estimate of drug-likeness (QED) is 0.510. The van der Waals surface area contributed by atoms with Crippen molar-refractivity contribution in [3.8, 4) is 11.3 Å². The van der Waals surface area contributed by atoms with Gasteiger partial charge in [-0.25, -0.2) is 4.98 Å². The van der Waals surface area contributed by atoms with Gasteiger partial charge in [0.2, 0.25) is 0 Å². The number of carbonyl (C=O) groups excluding carboxylic acids is 1. The summed E-state index contributed by atoms with van der Waals surface area (Å²) in [6, 6.07) is 16.4. The minimum absolute atomic E-state index is 0.000336. The number of piperidine rings is 3. The van der Waals surface area contributed by atoms with Gasteiger partial charge in [0.15, 0.2) is 5.13 Å². The number of pyridine rings is 1. The lowest BCUT2D eigenvalue weighted by Gasteiger charge is -2.44. The number of aromatic nitrogens is 2. The molecule has 8 heteroatoms. The zero-order valence-corrected chi connectivity index (χ0v) is 23.2. The first-order valence-electron chi connectivity index (χ1n) is 14.7. The first-order valence-corrected chi connectivity index (χ1v) is 15.5. The van der Waals surface area contributed by atoms with Gasteiger partial charge in [-0.15, -0.1) is 0 Å². The number of benzene rings is 1. The molecule has 3 saturated heterocycles. The van der Waals surface area contributed by atoms with Crippen LogP contribution >= 0.6 is 11.3 Å². The van der Waals surface area contributed by atoms with Crippen LogP contribution in [0.2, 0.25) is 0 Å². The van der Waals surface area contributed by atoms with E-state index in [1.165, 1.54) is 56.5 Å². The highest BCUT2D eigenvalue weighted by molar-refractivity contribution is 7.18. The van der Waals surface area contributed by atoms with E-state index in [-0.39, 0.29) is 11.5 Å². The number of fused-ring (bicyclic) bond motifs is 5. The van der Waals surface area contributed by atoms with Crippen LogP contribution in [0.25, 0.3) is 11.3 Å². The molecule has 204 valence electrons. The molecule has 0 aliphatic carbocycles. The van der Waals surface area contributed by atoms with Crippen LogP contribution in [0.15, 0.2) is 53.3 Å². The number of rotatable bonds is 5. The molecule has 2 bridgehead atoms. The number of nitrogens with zero attached hydrogens (tertiary/aromatic N) is 4. The Bertz CT molecular complexity index is 1400. The topological polar surface area (TPSA) is 70.5 Å². The van der Waals surface area contributed by atoms with Gasteiger partial charge >= 0.3 is 0 Å². The summed E-state index contributed by atoms with van der Waals surface area (Å²) < 4.78 is 1.96. The molecule has 1 N–H and O–H groups in total. The second kappa shape index (κ2) is 10.5. The van der Waals surface area contributed by atoms with Gasteiger partial charge in [0.05, 0.1) is 5.69 Å². The average molecular weight is 544 g/mol. The van der Waals surface area contributed by atoms with Gasteiger partial charge in [0, 0.05) is 55.5 Å². The molecule has 0 radical (unpaired) electrons. The van der Waals surface area contributed by atoms with Crippen molar-refractivity contribution in [2.45, 2.75) is 57.0 Å². The van der Waals surface area contributed by atoms with Crippen molar-refractivity contribution in [3.63, 3.8) is 0 Å². The third-order valence-electron chi connectivity index (χ3n) is 9.37. The number of thiazole rings is 1. The fourth-order valence-corrected chi connectivity index (χ4v) is 8.58. The summed E-state index contributed by atoms with van der Waals surface area (Å²) in [4.78, 5) is 37.0. The Morgan fingerprint density at radius 3 is 2.74 bits per heavy atom. The molecule has 4 aliphatic heterocycles. The van der Waals surface area contributed by atoms with Crippen LogP contribution in [0.5, 0.6) is 0 Å². The monoisotopic (exact) mass is 543 g/mol. The van der Waals surface area contributed by atoms with E-state index in [0.29, 0.717) is 28.7 Å². The lowest BCUT2D eigenvalue weighted by molar-refractivity contribution is 0.0576. The van der Waals surface area contributed by atoms with Crippen LogP contribution < -0.4 is 15.8 Å². The number of carbonyl (C=O) groups is 1. The highest BCUT2D eigenvalue weighted by atomic mass is 32.1. The molecular weight excluding hydrogens is 506 g/mol. The summed E-state index contributed by atoms with van der Waals surface area (Å²) in [7, 11) is 0. The number of amides is 1. The maximum absolute atomic E-state index is 13.7. The molecule has 39 heavy (non-hydrogen) atoms. The number of hydrogen-bond acceptors (Lipinski definition) is 6. The Morgan fingerprint density at radius 1 is 0.974 bits per heavy atom. The van der Waals surface area contributed by atoms with Gasteiger partial charge < -0.3 is 19.7 Å². The van der Waals surface area contributed by atoms with E-state index in [1.54, 1.807) is 6.07 Å². The molecular formula is C31H37N5O2S. The van der Waals surface area contributed by atoms with Gasteiger partial charge in [0.1, 0.15) is 4.88 Å². The average Bonchev–Trinajstić information content (AvgIpc) is 3.43. The van der Waals surface area contributed by atoms with Crippen molar-refractivity contribution in [1.29, 1.82) is 0 Å². The molecule has 7 rings (SSSR count).